The van der Waals surface area contributed by atoms with Crippen LogP contribution in [0.5, 0.6) is 0 Å². The summed E-state index contributed by atoms with van der Waals surface area (Å²) in [4.78, 5) is 17.0. The first-order chi connectivity index (χ1) is 9.29. The molecule has 1 atom stereocenters. The van der Waals surface area contributed by atoms with Gasteiger partial charge in [-0.05, 0) is 13.0 Å². The van der Waals surface area contributed by atoms with Gasteiger partial charge in [-0.25, -0.2) is 14.8 Å². The number of halogens is 4. The summed E-state index contributed by atoms with van der Waals surface area (Å²) in [5, 5.41) is 14.2. The molecule has 6 nitrogen and oxygen atoms in total. The number of carboxylic acids is 1. The minimum Gasteiger partial charge on any atom is -0.475 e. The van der Waals surface area contributed by atoms with Crippen LogP contribution < -0.4 is 10.6 Å². The molecule has 0 aliphatic carbocycles. The van der Waals surface area contributed by atoms with E-state index in [1.807, 2.05) is 0 Å². The summed E-state index contributed by atoms with van der Waals surface area (Å²) in [5.74, 6) is -2.11. The van der Waals surface area contributed by atoms with E-state index < -0.39 is 12.1 Å². The lowest BCUT2D eigenvalue weighted by molar-refractivity contribution is -0.192. The van der Waals surface area contributed by atoms with Crippen LogP contribution in [0, 0.1) is 0 Å². The van der Waals surface area contributed by atoms with Crippen molar-refractivity contribution < 1.29 is 23.1 Å². The number of aliphatic carboxylic acids is 1. The van der Waals surface area contributed by atoms with Crippen LogP contribution in [0.25, 0.3) is 0 Å². The highest BCUT2D eigenvalue weighted by Crippen LogP contribution is 2.13. The predicted octanol–water partition coefficient (Wildman–Crippen LogP) is 1.54. The van der Waals surface area contributed by atoms with Crippen LogP contribution in [0.1, 0.15) is 6.42 Å². The first-order valence-corrected chi connectivity index (χ1v) is 5.91. The summed E-state index contributed by atoms with van der Waals surface area (Å²) in [5.41, 5.74) is 0. The van der Waals surface area contributed by atoms with Crippen molar-refractivity contribution in [3.05, 3.63) is 17.4 Å². The standard InChI is InChI=1S/C8H11ClN4.C2HF3O2/c9-6-3-11-8(12-4-6)13-7-1-2-10-5-7;3-2(4,5)1(6)7/h3-4,7,10H,1-2,5H2,(H,11,12,13);(H,6,7)/t7-;/m1./s1. The highest BCUT2D eigenvalue weighted by molar-refractivity contribution is 6.30. The highest BCUT2D eigenvalue weighted by atomic mass is 35.5. The third kappa shape index (κ3) is 6.02. The second-order valence-electron chi connectivity index (χ2n) is 3.86. The van der Waals surface area contributed by atoms with Gasteiger partial charge in [0.1, 0.15) is 0 Å². The quantitative estimate of drug-likeness (QED) is 0.768. The van der Waals surface area contributed by atoms with Crippen LogP contribution in [-0.4, -0.2) is 46.4 Å². The molecule has 0 aromatic carbocycles. The van der Waals surface area contributed by atoms with Crippen molar-refractivity contribution in [1.82, 2.24) is 15.3 Å². The third-order valence-corrected chi connectivity index (χ3v) is 2.45. The summed E-state index contributed by atoms with van der Waals surface area (Å²) in [6.45, 7) is 2.04. The second kappa shape index (κ2) is 7.25. The Balaban J connectivity index is 0.000000246. The number of nitrogens with one attached hydrogen (secondary N) is 2. The van der Waals surface area contributed by atoms with Gasteiger partial charge in [0.15, 0.2) is 0 Å². The number of alkyl halides is 3. The zero-order valence-electron chi connectivity index (χ0n) is 10.1. The normalized spacial score (nSPS) is 18.1. The van der Waals surface area contributed by atoms with Gasteiger partial charge < -0.3 is 15.7 Å². The Morgan fingerprint density at radius 1 is 1.45 bits per heavy atom. The van der Waals surface area contributed by atoms with Crippen LogP contribution in [0.15, 0.2) is 12.4 Å². The first-order valence-electron chi connectivity index (χ1n) is 5.54. The molecule has 1 aliphatic heterocycles. The Kier molecular flexibility index (Phi) is 5.96. The summed E-state index contributed by atoms with van der Waals surface area (Å²) in [6, 6.07) is 0.446. The van der Waals surface area contributed by atoms with E-state index in [1.165, 1.54) is 0 Å². The Morgan fingerprint density at radius 2 is 2.00 bits per heavy atom. The summed E-state index contributed by atoms with van der Waals surface area (Å²) >= 11 is 5.66. The minimum absolute atomic E-state index is 0.446. The Hall–Kier alpha value is -1.61. The van der Waals surface area contributed by atoms with E-state index in [0.717, 1.165) is 19.5 Å². The Morgan fingerprint density at radius 3 is 2.40 bits per heavy atom. The number of aromatic nitrogens is 2. The van der Waals surface area contributed by atoms with E-state index in [0.29, 0.717) is 17.0 Å². The molecule has 0 saturated carbocycles. The molecule has 20 heavy (non-hydrogen) atoms. The van der Waals surface area contributed by atoms with Crippen LogP contribution in [0.4, 0.5) is 19.1 Å². The molecule has 10 heteroatoms. The maximum atomic E-state index is 10.6. The van der Waals surface area contributed by atoms with Gasteiger partial charge in [0.25, 0.3) is 0 Å². The second-order valence-corrected chi connectivity index (χ2v) is 4.30. The SMILES string of the molecule is Clc1cnc(N[C@@H]2CCNC2)nc1.O=C(O)C(F)(F)F. The van der Waals surface area contributed by atoms with Gasteiger partial charge in [0.05, 0.1) is 17.4 Å². The number of hydrogen-bond acceptors (Lipinski definition) is 5. The lowest BCUT2D eigenvalue weighted by Gasteiger charge is -2.09. The number of rotatable bonds is 2. The van der Waals surface area contributed by atoms with Gasteiger partial charge in [0, 0.05) is 12.6 Å². The monoisotopic (exact) mass is 312 g/mol. The van der Waals surface area contributed by atoms with Crippen molar-refractivity contribution in [2.24, 2.45) is 0 Å². The molecule has 1 aromatic rings. The molecule has 1 fully saturated rings. The van der Waals surface area contributed by atoms with Gasteiger partial charge >= 0.3 is 12.1 Å². The fraction of sp³-hybridized carbons (Fsp3) is 0.500. The van der Waals surface area contributed by atoms with Gasteiger partial charge in [-0.3, -0.25) is 0 Å². The maximum Gasteiger partial charge on any atom is 0.490 e. The van der Waals surface area contributed by atoms with Crippen molar-refractivity contribution in [2.75, 3.05) is 18.4 Å². The molecule has 0 amide bonds. The van der Waals surface area contributed by atoms with Crippen molar-refractivity contribution in [1.29, 1.82) is 0 Å². The summed E-state index contributed by atoms with van der Waals surface area (Å²) < 4.78 is 31.7. The first kappa shape index (κ1) is 16.4. The fourth-order valence-electron chi connectivity index (χ4n) is 1.35. The fourth-order valence-corrected chi connectivity index (χ4v) is 1.44. The number of carbonyl (C=O) groups is 1. The van der Waals surface area contributed by atoms with E-state index in [1.54, 1.807) is 12.4 Å². The van der Waals surface area contributed by atoms with E-state index >= 15 is 0 Å². The van der Waals surface area contributed by atoms with Crippen LogP contribution >= 0.6 is 11.6 Å². The van der Waals surface area contributed by atoms with Gasteiger partial charge in [-0.2, -0.15) is 13.2 Å². The minimum atomic E-state index is -5.08. The molecule has 112 valence electrons. The molecule has 1 aromatic heterocycles. The zero-order chi connectivity index (χ0) is 15.2. The van der Waals surface area contributed by atoms with E-state index in [9.17, 15) is 13.2 Å². The van der Waals surface area contributed by atoms with Crippen LogP contribution in [0.3, 0.4) is 0 Å². The average molecular weight is 313 g/mol. The molecule has 0 bridgehead atoms. The van der Waals surface area contributed by atoms with Crippen molar-refractivity contribution >= 4 is 23.5 Å². The molecule has 0 radical (unpaired) electrons. The molecular weight excluding hydrogens is 301 g/mol. The predicted molar refractivity (Wildman–Crippen MR) is 65.6 cm³/mol. The number of hydrogen-bond donors (Lipinski definition) is 3. The van der Waals surface area contributed by atoms with Crippen molar-refractivity contribution in [3.8, 4) is 0 Å². The lowest BCUT2D eigenvalue weighted by atomic mass is 10.3. The molecule has 1 aliphatic rings. The largest absolute Gasteiger partial charge is 0.490 e. The number of nitrogens with zero attached hydrogens (tertiary/aromatic N) is 2. The van der Waals surface area contributed by atoms with E-state index in [4.69, 9.17) is 21.5 Å². The van der Waals surface area contributed by atoms with Gasteiger partial charge in [-0.1, -0.05) is 11.6 Å². The molecular formula is C10H12ClF3N4O2. The number of anilines is 1. The molecule has 0 spiro atoms. The smallest absolute Gasteiger partial charge is 0.475 e. The molecule has 2 rings (SSSR count). The summed E-state index contributed by atoms with van der Waals surface area (Å²) in [7, 11) is 0. The topological polar surface area (TPSA) is 87.1 Å². The Labute approximate surface area is 117 Å². The molecule has 2 heterocycles. The van der Waals surface area contributed by atoms with Crippen molar-refractivity contribution in [2.45, 2.75) is 18.6 Å². The molecule has 0 unspecified atom stereocenters. The third-order valence-electron chi connectivity index (χ3n) is 2.26. The van der Waals surface area contributed by atoms with Crippen LogP contribution in [-0.2, 0) is 4.79 Å². The van der Waals surface area contributed by atoms with E-state index in [-0.39, 0.29) is 0 Å². The van der Waals surface area contributed by atoms with Gasteiger partial charge in [-0.15, -0.1) is 0 Å². The Bertz CT molecular complexity index is 435. The van der Waals surface area contributed by atoms with Gasteiger partial charge in [0.2, 0.25) is 5.95 Å². The molecule has 1 saturated heterocycles. The van der Waals surface area contributed by atoms with Crippen LogP contribution in [0.2, 0.25) is 5.02 Å². The molecule has 3 N–H and O–H groups in total. The maximum absolute atomic E-state index is 10.6. The van der Waals surface area contributed by atoms with Crippen molar-refractivity contribution in [3.63, 3.8) is 0 Å². The highest BCUT2D eigenvalue weighted by Gasteiger charge is 2.38. The van der Waals surface area contributed by atoms with E-state index in [2.05, 4.69) is 20.6 Å². The average Bonchev–Trinajstić information content (AvgIpc) is 2.84. The lowest BCUT2D eigenvalue weighted by Crippen LogP contribution is -2.23. The summed E-state index contributed by atoms with van der Waals surface area (Å²) in [6.07, 6.45) is -0.773. The zero-order valence-corrected chi connectivity index (χ0v) is 10.9. The number of carboxylic acid groups (broad SMARTS) is 1.